The standard InChI is InChI=1S/C9H18N2O2/c1-6-7-8(2,3)11(13)9(4,5)10(7)12/h13H,6H2,1-5H3. The van der Waals surface area contributed by atoms with Gasteiger partial charge in [0.05, 0.1) is 0 Å². The zero-order valence-corrected chi connectivity index (χ0v) is 8.96. The van der Waals surface area contributed by atoms with Gasteiger partial charge in [-0.15, -0.1) is 5.06 Å². The number of rotatable bonds is 1. The average Bonchev–Trinajstić information content (AvgIpc) is 2.12. The minimum absolute atomic E-state index is 0.556. The Morgan fingerprint density at radius 2 is 1.85 bits per heavy atom. The van der Waals surface area contributed by atoms with Gasteiger partial charge in [0.2, 0.25) is 5.66 Å². The second kappa shape index (κ2) is 2.69. The van der Waals surface area contributed by atoms with Crippen LogP contribution in [0.1, 0.15) is 41.0 Å². The summed E-state index contributed by atoms with van der Waals surface area (Å²) in [5.41, 5.74) is -0.686. The van der Waals surface area contributed by atoms with E-state index in [2.05, 4.69) is 0 Å². The Kier molecular flexibility index (Phi) is 2.16. The molecule has 76 valence electrons. The lowest BCUT2D eigenvalue weighted by molar-refractivity contribution is -0.581. The largest absolute Gasteiger partial charge is 0.622 e. The molecule has 0 unspecified atom stereocenters. The molecule has 0 saturated heterocycles. The maximum absolute atomic E-state index is 11.8. The highest BCUT2D eigenvalue weighted by Gasteiger charge is 2.55. The van der Waals surface area contributed by atoms with Crippen LogP contribution in [-0.4, -0.2) is 31.9 Å². The summed E-state index contributed by atoms with van der Waals surface area (Å²) in [4.78, 5) is 0. The Labute approximate surface area is 79.0 Å². The molecule has 1 heterocycles. The van der Waals surface area contributed by atoms with Crippen LogP contribution in [0.2, 0.25) is 0 Å². The summed E-state index contributed by atoms with van der Waals surface area (Å²) in [5, 5.41) is 22.7. The van der Waals surface area contributed by atoms with Crippen LogP contribution >= 0.6 is 0 Å². The van der Waals surface area contributed by atoms with Crippen LogP contribution in [0.4, 0.5) is 0 Å². The van der Waals surface area contributed by atoms with E-state index in [1.165, 1.54) is 0 Å². The summed E-state index contributed by atoms with van der Waals surface area (Å²) in [5.74, 6) is 0. The monoisotopic (exact) mass is 186 g/mol. The van der Waals surface area contributed by atoms with Gasteiger partial charge in [-0.1, -0.05) is 6.92 Å². The van der Waals surface area contributed by atoms with E-state index in [1.54, 1.807) is 13.8 Å². The third kappa shape index (κ3) is 1.16. The summed E-state index contributed by atoms with van der Waals surface area (Å²) in [6, 6.07) is 0. The van der Waals surface area contributed by atoms with Gasteiger partial charge in [0, 0.05) is 20.3 Å². The van der Waals surface area contributed by atoms with Gasteiger partial charge in [0.25, 0.3) is 0 Å². The number of nitrogens with zero attached hydrogens (tertiary/aromatic N) is 2. The fourth-order valence-electron chi connectivity index (χ4n) is 2.05. The normalized spacial score (nSPS) is 26.9. The van der Waals surface area contributed by atoms with Crippen molar-refractivity contribution < 1.29 is 9.95 Å². The maximum Gasteiger partial charge on any atom is 0.245 e. The predicted molar refractivity (Wildman–Crippen MR) is 50.7 cm³/mol. The van der Waals surface area contributed by atoms with Crippen LogP contribution < -0.4 is 0 Å². The molecule has 0 aromatic heterocycles. The second-order valence-electron chi connectivity index (χ2n) is 4.46. The molecule has 1 aliphatic heterocycles. The predicted octanol–water partition coefficient (Wildman–Crippen LogP) is 1.57. The molecule has 0 amide bonds. The zero-order chi connectivity index (χ0) is 10.4. The van der Waals surface area contributed by atoms with Gasteiger partial charge in [-0.05, 0) is 13.8 Å². The molecule has 0 radical (unpaired) electrons. The van der Waals surface area contributed by atoms with Gasteiger partial charge in [0.1, 0.15) is 5.54 Å². The first-order valence-corrected chi connectivity index (χ1v) is 4.59. The van der Waals surface area contributed by atoms with Crippen molar-refractivity contribution in [2.24, 2.45) is 0 Å². The first-order valence-electron chi connectivity index (χ1n) is 4.59. The molecule has 0 bridgehead atoms. The smallest absolute Gasteiger partial charge is 0.245 e. The Hall–Kier alpha value is -0.610. The number of hydrogen-bond donors (Lipinski definition) is 1. The quantitative estimate of drug-likeness (QED) is 0.499. The Morgan fingerprint density at radius 3 is 2.00 bits per heavy atom. The maximum atomic E-state index is 11.8. The van der Waals surface area contributed by atoms with E-state index in [0.29, 0.717) is 6.42 Å². The van der Waals surface area contributed by atoms with Gasteiger partial charge < -0.3 is 10.4 Å². The SMILES string of the molecule is CCC1=[N+]([O-])C(C)(C)N(O)C1(C)C. The van der Waals surface area contributed by atoms with Crippen molar-refractivity contribution in [3.8, 4) is 0 Å². The summed E-state index contributed by atoms with van der Waals surface area (Å²) < 4.78 is 0.910. The van der Waals surface area contributed by atoms with Crippen LogP contribution in [0, 0.1) is 5.21 Å². The van der Waals surface area contributed by atoms with Gasteiger partial charge in [-0.2, -0.15) is 4.74 Å². The molecule has 1 N–H and O–H groups in total. The van der Waals surface area contributed by atoms with E-state index in [4.69, 9.17) is 0 Å². The van der Waals surface area contributed by atoms with Crippen molar-refractivity contribution in [2.45, 2.75) is 52.2 Å². The van der Waals surface area contributed by atoms with Crippen molar-refractivity contribution in [1.29, 1.82) is 0 Å². The Morgan fingerprint density at radius 1 is 1.38 bits per heavy atom. The average molecular weight is 186 g/mol. The topological polar surface area (TPSA) is 49.5 Å². The lowest BCUT2D eigenvalue weighted by Gasteiger charge is -2.29. The molecular formula is C9H18N2O2. The third-order valence-corrected chi connectivity index (χ3v) is 2.83. The van der Waals surface area contributed by atoms with Crippen molar-refractivity contribution in [1.82, 2.24) is 5.06 Å². The molecule has 0 spiro atoms. The molecule has 0 atom stereocenters. The van der Waals surface area contributed by atoms with Crippen molar-refractivity contribution in [3.05, 3.63) is 5.21 Å². The van der Waals surface area contributed by atoms with Gasteiger partial charge in [-0.3, -0.25) is 0 Å². The van der Waals surface area contributed by atoms with Crippen molar-refractivity contribution >= 4 is 5.71 Å². The van der Waals surface area contributed by atoms with E-state index in [0.717, 1.165) is 15.5 Å². The number of hydrogen-bond acceptors (Lipinski definition) is 3. The van der Waals surface area contributed by atoms with Crippen LogP contribution in [0.15, 0.2) is 0 Å². The number of hydroxylamine groups is 3. The molecule has 0 fully saturated rings. The molecule has 4 heteroatoms. The van der Waals surface area contributed by atoms with E-state index in [1.807, 2.05) is 20.8 Å². The van der Waals surface area contributed by atoms with E-state index >= 15 is 0 Å². The van der Waals surface area contributed by atoms with Gasteiger partial charge in [-0.25, -0.2) is 0 Å². The third-order valence-electron chi connectivity index (χ3n) is 2.83. The molecule has 0 aromatic carbocycles. The lowest BCUT2D eigenvalue weighted by Crippen LogP contribution is -2.51. The van der Waals surface area contributed by atoms with Crippen LogP contribution in [0.25, 0.3) is 0 Å². The first-order chi connectivity index (χ1) is 5.76. The molecule has 0 aliphatic carbocycles. The van der Waals surface area contributed by atoms with Gasteiger partial charge >= 0.3 is 0 Å². The summed E-state index contributed by atoms with van der Waals surface area (Å²) >= 11 is 0. The van der Waals surface area contributed by atoms with E-state index in [9.17, 15) is 10.4 Å². The van der Waals surface area contributed by atoms with Crippen molar-refractivity contribution in [2.75, 3.05) is 0 Å². The molecule has 1 rings (SSSR count). The molecular weight excluding hydrogens is 168 g/mol. The zero-order valence-electron chi connectivity index (χ0n) is 8.96. The van der Waals surface area contributed by atoms with E-state index < -0.39 is 11.2 Å². The van der Waals surface area contributed by atoms with Crippen molar-refractivity contribution in [3.63, 3.8) is 0 Å². The molecule has 4 nitrogen and oxygen atoms in total. The highest BCUT2D eigenvalue weighted by Crippen LogP contribution is 2.32. The fourth-order valence-corrected chi connectivity index (χ4v) is 2.05. The van der Waals surface area contributed by atoms with Crippen LogP contribution in [0.5, 0.6) is 0 Å². The highest BCUT2D eigenvalue weighted by molar-refractivity contribution is 5.89. The van der Waals surface area contributed by atoms with Crippen LogP contribution in [0.3, 0.4) is 0 Å². The second-order valence-corrected chi connectivity index (χ2v) is 4.46. The van der Waals surface area contributed by atoms with E-state index in [-0.39, 0.29) is 0 Å². The van der Waals surface area contributed by atoms with Gasteiger partial charge in [0.15, 0.2) is 5.71 Å². The Bertz CT molecular complexity index is 256. The minimum atomic E-state index is -0.852. The Balaban J connectivity index is 3.23. The fraction of sp³-hybridized carbons (Fsp3) is 0.889. The summed E-state index contributed by atoms with van der Waals surface area (Å²) in [6.45, 7) is 9.06. The molecule has 0 saturated carbocycles. The lowest BCUT2D eigenvalue weighted by atomic mass is 9.97. The molecule has 13 heavy (non-hydrogen) atoms. The summed E-state index contributed by atoms with van der Waals surface area (Å²) in [7, 11) is 0. The molecule has 1 aliphatic rings. The highest BCUT2D eigenvalue weighted by atomic mass is 16.6. The first kappa shape index (κ1) is 10.5. The summed E-state index contributed by atoms with van der Waals surface area (Å²) in [6.07, 6.45) is 0.664. The van der Waals surface area contributed by atoms with Crippen LogP contribution in [-0.2, 0) is 0 Å². The minimum Gasteiger partial charge on any atom is -0.622 e. The molecule has 0 aromatic rings.